The first-order valence-electron chi connectivity index (χ1n) is 11.2. The fourth-order valence-electron chi connectivity index (χ4n) is 3.98. The third-order valence-electron chi connectivity index (χ3n) is 5.81. The van der Waals surface area contributed by atoms with E-state index in [0.717, 1.165) is 50.7 Å². The molecule has 0 bridgehead atoms. The van der Waals surface area contributed by atoms with Gasteiger partial charge in [0.15, 0.2) is 5.96 Å². The zero-order valence-corrected chi connectivity index (χ0v) is 19.4. The molecule has 1 aliphatic rings. The van der Waals surface area contributed by atoms with Crippen LogP contribution in [0.25, 0.3) is 0 Å². The molecule has 0 saturated carbocycles. The first-order valence-corrected chi connectivity index (χ1v) is 11.2. The second-order valence-corrected chi connectivity index (χ2v) is 8.31. The van der Waals surface area contributed by atoms with Crippen molar-refractivity contribution in [3.05, 3.63) is 59.5 Å². The second-order valence-electron chi connectivity index (χ2n) is 8.31. The smallest absolute Gasteiger partial charge is 0.233 e. The summed E-state index contributed by atoms with van der Waals surface area (Å²) in [4.78, 5) is 20.4. The summed E-state index contributed by atoms with van der Waals surface area (Å²) >= 11 is 0. The van der Waals surface area contributed by atoms with Crippen LogP contribution in [0.2, 0.25) is 0 Å². The molecule has 1 saturated heterocycles. The van der Waals surface area contributed by atoms with Crippen molar-refractivity contribution in [2.24, 2.45) is 4.99 Å². The number of amides is 1. The van der Waals surface area contributed by atoms with E-state index in [-0.39, 0.29) is 5.91 Å². The van der Waals surface area contributed by atoms with E-state index in [1.54, 1.807) is 20.4 Å². The van der Waals surface area contributed by atoms with Crippen molar-refractivity contribution in [2.75, 3.05) is 40.8 Å². The lowest BCUT2D eigenvalue weighted by molar-refractivity contribution is -0.122. The number of piperidine rings is 1. The molecular weight excluding hydrogens is 404 g/mol. The Balaban J connectivity index is 1.47. The number of hydrogen-bond acceptors (Lipinski definition) is 5. The van der Waals surface area contributed by atoms with Crippen LogP contribution in [0.1, 0.15) is 29.7 Å². The summed E-state index contributed by atoms with van der Waals surface area (Å²) in [6, 6.07) is 12.8. The third kappa shape index (κ3) is 7.39. The fraction of sp³-hybridized carbons (Fsp3) is 0.500. The zero-order chi connectivity index (χ0) is 22.8. The Bertz CT molecular complexity index is 859. The number of guanidine groups is 1. The van der Waals surface area contributed by atoms with Crippen LogP contribution in [0.4, 0.5) is 0 Å². The van der Waals surface area contributed by atoms with Crippen LogP contribution in [0, 0.1) is 0 Å². The lowest BCUT2D eigenvalue weighted by atomic mass is 10.1. The van der Waals surface area contributed by atoms with Gasteiger partial charge < -0.3 is 20.4 Å². The van der Waals surface area contributed by atoms with Crippen molar-refractivity contribution in [1.29, 1.82) is 0 Å². The van der Waals surface area contributed by atoms with E-state index in [9.17, 15) is 4.79 Å². The van der Waals surface area contributed by atoms with E-state index in [0.29, 0.717) is 19.1 Å². The molecule has 8 heteroatoms. The molecule has 0 unspecified atom stereocenters. The monoisotopic (exact) mass is 440 g/mol. The standard InChI is InChI=1S/C24H36N6O2/c1-25-23(31)18-30-12-10-21(11-13-30)28-24(26-2)27-15-19-7-4-5-8-20(19)16-29(3)17-22-9-6-14-32-22/h4-9,14,21H,10-13,15-18H2,1-3H3,(H,25,31)(H2,26,27,28). The highest BCUT2D eigenvalue weighted by molar-refractivity contribution is 5.80. The third-order valence-corrected chi connectivity index (χ3v) is 5.81. The maximum Gasteiger partial charge on any atom is 0.233 e. The summed E-state index contributed by atoms with van der Waals surface area (Å²) in [5.74, 6) is 1.85. The van der Waals surface area contributed by atoms with Crippen molar-refractivity contribution >= 4 is 11.9 Å². The summed E-state index contributed by atoms with van der Waals surface area (Å²) in [5, 5.41) is 9.70. The Kier molecular flexibility index (Phi) is 9.13. The number of likely N-dealkylation sites (N-methyl/N-ethyl adjacent to an activating group) is 1. The number of carbonyl (C=O) groups excluding carboxylic acids is 1. The molecule has 3 rings (SSSR count). The van der Waals surface area contributed by atoms with Crippen LogP contribution in [0.5, 0.6) is 0 Å². The molecular formula is C24H36N6O2. The highest BCUT2D eigenvalue weighted by atomic mass is 16.3. The number of rotatable bonds is 9. The summed E-state index contributed by atoms with van der Waals surface area (Å²) in [5.41, 5.74) is 2.54. The molecule has 1 aliphatic heterocycles. The molecule has 0 spiro atoms. The minimum absolute atomic E-state index is 0.0716. The van der Waals surface area contributed by atoms with Gasteiger partial charge in [-0.3, -0.25) is 19.6 Å². The van der Waals surface area contributed by atoms with Gasteiger partial charge in [-0.25, -0.2) is 0 Å². The average Bonchev–Trinajstić information content (AvgIpc) is 3.31. The topological polar surface area (TPSA) is 85.1 Å². The summed E-state index contributed by atoms with van der Waals surface area (Å²) < 4.78 is 5.47. The van der Waals surface area contributed by atoms with Gasteiger partial charge >= 0.3 is 0 Å². The van der Waals surface area contributed by atoms with Crippen LogP contribution >= 0.6 is 0 Å². The molecule has 2 heterocycles. The van der Waals surface area contributed by atoms with Gasteiger partial charge in [-0.2, -0.15) is 0 Å². The van der Waals surface area contributed by atoms with Crippen molar-refractivity contribution in [2.45, 2.75) is 38.5 Å². The second kappa shape index (κ2) is 12.3. The molecule has 32 heavy (non-hydrogen) atoms. The zero-order valence-electron chi connectivity index (χ0n) is 19.4. The predicted molar refractivity (Wildman–Crippen MR) is 127 cm³/mol. The molecule has 8 nitrogen and oxygen atoms in total. The van der Waals surface area contributed by atoms with Gasteiger partial charge in [0.1, 0.15) is 5.76 Å². The Morgan fingerprint density at radius 1 is 1.16 bits per heavy atom. The van der Waals surface area contributed by atoms with Gasteiger partial charge in [0.2, 0.25) is 5.91 Å². The highest BCUT2D eigenvalue weighted by Crippen LogP contribution is 2.14. The minimum atomic E-state index is 0.0716. The summed E-state index contributed by atoms with van der Waals surface area (Å²) in [6.45, 7) is 4.62. The largest absolute Gasteiger partial charge is 0.468 e. The van der Waals surface area contributed by atoms with Crippen LogP contribution in [0.3, 0.4) is 0 Å². The Hall–Kier alpha value is -2.84. The van der Waals surface area contributed by atoms with E-state index < -0.39 is 0 Å². The van der Waals surface area contributed by atoms with Gasteiger partial charge in [-0.05, 0) is 43.1 Å². The number of nitrogens with one attached hydrogen (secondary N) is 3. The quantitative estimate of drug-likeness (QED) is 0.407. The summed E-state index contributed by atoms with van der Waals surface area (Å²) in [7, 11) is 5.59. The Morgan fingerprint density at radius 2 is 1.91 bits per heavy atom. The van der Waals surface area contributed by atoms with Crippen LogP contribution in [-0.2, 0) is 24.4 Å². The molecule has 0 radical (unpaired) electrons. The number of aliphatic imine (C=N–C) groups is 1. The van der Waals surface area contributed by atoms with Crippen LogP contribution in [0.15, 0.2) is 52.1 Å². The van der Waals surface area contributed by atoms with Crippen molar-refractivity contribution < 1.29 is 9.21 Å². The molecule has 0 aliphatic carbocycles. The first kappa shape index (κ1) is 23.8. The molecule has 1 aromatic heterocycles. The van der Waals surface area contributed by atoms with Crippen molar-refractivity contribution in [3.8, 4) is 0 Å². The van der Waals surface area contributed by atoms with E-state index >= 15 is 0 Å². The number of hydrogen-bond donors (Lipinski definition) is 3. The first-order chi connectivity index (χ1) is 15.6. The number of carbonyl (C=O) groups is 1. The summed E-state index contributed by atoms with van der Waals surface area (Å²) in [6.07, 6.45) is 3.70. The maximum atomic E-state index is 11.6. The normalized spacial score (nSPS) is 15.7. The fourth-order valence-corrected chi connectivity index (χ4v) is 3.98. The lowest BCUT2D eigenvalue weighted by Crippen LogP contribution is -2.49. The Morgan fingerprint density at radius 3 is 2.56 bits per heavy atom. The molecule has 3 N–H and O–H groups in total. The van der Waals surface area contributed by atoms with Gasteiger partial charge in [-0.1, -0.05) is 24.3 Å². The van der Waals surface area contributed by atoms with Gasteiger partial charge in [0, 0.05) is 46.3 Å². The molecule has 1 aromatic carbocycles. The molecule has 1 amide bonds. The van der Waals surface area contributed by atoms with E-state index in [1.807, 2.05) is 12.1 Å². The highest BCUT2D eigenvalue weighted by Gasteiger charge is 2.21. The van der Waals surface area contributed by atoms with Gasteiger partial charge in [0.25, 0.3) is 0 Å². The van der Waals surface area contributed by atoms with Gasteiger partial charge in [0.05, 0.1) is 19.4 Å². The average molecular weight is 441 g/mol. The molecule has 174 valence electrons. The Labute approximate surface area is 191 Å². The van der Waals surface area contributed by atoms with Crippen LogP contribution < -0.4 is 16.0 Å². The number of furan rings is 1. The predicted octanol–water partition coefficient (Wildman–Crippen LogP) is 1.79. The molecule has 1 fully saturated rings. The lowest BCUT2D eigenvalue weighted by Gasteiger charge is -2.32. The molecule has 0 atom stereocenters. The van der Waals surface area contributed by atoms with Gasteiger partial charge in [-0.15, -0.1) is 0 Å². The van der Waals surface area contributed by atoms with E-state index in [1.165, 1.54) is 11.1 Å². The SMILES string of the molecule is CN=C(NCc1ccccc1CN(C)Cc1ccco1)NC1CCN(CC(=O)NC)CC1. The van der Waals surface area contributed by atoms with Crippen molar-refractivity contribution in [3.63, 3.8) is 0 Å². The van der Waals surface area contributed by atoms with Crippen molar-refractivity contribution in [1.82, 2.24) is 25.8 Å². The minimum Gasteiger partial charge on any atom is -0.468 e. The number of nitrogens with zero attached hydrogens (tertiary/aromatic N) is 3. The number of benzene rings is 1. The molecule has 2 aromatic rings. The van der Waals surface area contributed by atoms with Crippen LogP contribution in [-0.4, -0.2) is 68.5 Å². The maximum absolute atomic E-state index is 11.6. The number of likely N-dealkylation sites (tertiary alicyclic amines) is 1. The van der Waals surface area contributed by atoms with E-state index in [2.05, 4.69) is 62.1 Å². The van der Waals surface area contributed by atoms with E-state index in [4.69, 9.17) is 4.42 Å².